The standard InChI is InChI=1S/C9H8BrN3O2.C9H7BrN2O3/c1-15-5-2-7(10)13-6(9(11)14)4-12-8(13)3-5;1-15-5-2-7(10)12-6(9(13)14)4-11-8(12)3-5/h2-4H,1H3,(H2,11,14);2-4H,1H3,(H,13,14). The van der Waals surface area contributed by atoms with Gasteiger partial charge in [0.2, 0.25) is 0 Å². The maximum absolute atomic E-state index is 11.1. The molecule has 0 spiro atoms. The number of imidazole rings is 2. The molecule has 10 nitrogen and oxygen atoms in total. The van der Waals surface area contributed by atoms with Gasteiger partial charge in [0.25, 0.3) is 5.91 Å². The topological polar surface area (TPSA) is 133 Å². The Kier molecular flexibility index (Phi) is 6.27. The molecule has 0 aliphatic rings. The SMILES string of the molecule is COc1cc(Br)n2c(C(=O)O)cnc2c1.COc1cc(Br)n2c(C(N)=O)cnc2c1. The van der Waals surface area contributed by atoms with Crippen molar-refractivity contribution in [2.75, 3.05) is 14.2 Å². The van der Waals surface area contributed by atoms with Crippen LogP contribution < -0.4 is 15.2 Å². The molecule has 0 atom stereocenters. The van der Waals surface area contributed by atoms with Crippen LogP contribution in [0.5, 0.6) is 11.5 Å². The number of fused-ring (bicyclic) bond motifs is 2. The fourth-order valence-corrected chi connectivity index (χ4v) is 3.84. The average molecular weight is 541 g/mol. The number of hydrogen-bond acceptors (Lipinski definition) is 6. The van der Waals surface area contributed by atoms with Gasteiger partial charge in [-0.1, -0.05) is 0 Å². The second-order valence-electron chi connectivity index (χ2n) is 5.78. The van der Waals surface area contributed by atoms with E-state index in [9.17, 15) is 9.59 Å². The monoisotopic (exact) mass is 539 g/mol. The highest BCUT2D eigenvalue weighted by Gasteiger charge is 2.14. The second kappa shape index (κ2) is 8.71. The normalized spacial score (nSPS) is 10.5. The number of aromatic carboxylic acids is 1. The molecule has 4 rings (SSSR count). The maximum Gasteiger partial charge on any atom is 0.354 e. The smallest absolute Gasteiger partial charge is 0.354 e. The van der Waals surface area contributed by atoms with Crippen LogP contribution >= 0.6 is 31.9 Å². The Morgan fingerprint density at radius 1 is 0.900 bits per heavy atom. The summed E-state index contributed by atoms with van der Waals surface area (Å²) in [7, 11) is 3.11. The molecule has 156 valence electrons. The van der Waals surface area contributed by atoms with E-state index in [1.54, 1.807) is 42.9 Å². The number of carboxylic acid groups (broad SMARTS) is 1. The van der Waals surface area contributed by atoms with Crippen LogP contribution in [0.4, 0.5) is 0 Å². The molecule has 3 N–H and O–H groups in total. The van der Waals surface area contributed by atoms with Crippen molar-refractivity contribution in [1.29, 1.82) is 0 Å². The van der Waals surface area contributed by atoms with Crippen LogP contribution in [0.25, 0.3) is 11.3 Å². The summed E-state index contributed by atoms with van der Waals surface area (Å²) in [6.45, 7) is 0. The lowest BCUT2D eigenvalue weighted by Gasteiger charge is -2.04. The molecule has 0 radical (unpaired) electrons. The third-order valence-electron chi connectivity index (χ3n) is 4.01. The van der Waals surface area contributed by atoms with E-state index in [4.69, 9.17) is 20.3 Å². The summed E-state index contributed by atoms with van der Waals surface area (Å²) < 4.78 is 14.5. The molecule has 0 aliphatic heterocycles. The van der Waals surface area contributed by atoms with Crippen molar-refractivity contribution in [3.05, 3.63) is 57.3 Å². The summed E-state index contributed by atoms with van der Waals surface area (Å²) in [6, 6.07) is 6.80. The van der Waals surface area contributed by atoms with Crippen LogP contribution in [0.15, 0.2) is 45.9 Å². The number of carbonyl (C=O) groups excluding carboxylic acids is 1. The fraction of sp³-hybridized carbons (Fsp3) is 0.111. The van der Waals surface area contributed by atoms with Crippen molar-refractivity contribution in [2.45, 2.75) is 0 Å². The van der Waals surface area contributed by atoms with Gasteiger partial charge in [-0.2, -0.15) is 0 Å². The lowest BCUT2D eigenvalue weighted by molar-refractivity contribution is 0.0689. The number of nitrogens with two attached hydrogens (primary N) is 1. The number of halogens is 2. The van der Waals surface area contributed by atoms with Gasteiger partial charge in [-0.15, -0.1) is 0 Å². The van der Waals surface area contributed by atoms with Gasteiger partial charge in [0.15, 0.2) is 5.69 Å². The molecule has 0 unspecified atom stereocenters. The Bertz CT molecular complexity index is 1170. The van der Waals surface area contributed by atoms with Crippen LogP contribution in [-0.2, 0) is 0 Å². The van der Waals surface area contributed by atoms with Crippen LogP contribution in [0.3, 0.4) is 0 Å². The highest BCUT2D eigenvalue weighted by molar-refractivity contribution is 9.10. The number of carbonyl (C=O) groups is 2. The number of pyridine rings is 2. The van der Waals surface area contributed by atoms with Gasteiger partial charge in [-0.3, -0.25) is 13.6 Å². The summed E-state index contributed by atoms with van der Waals surface area (Å²) in [6.07, 6.45) is 2.74. The molecular formula is C18H15Br2N5O5. The number of ether oxygens (including phenoxy) is 2. The number of hydrogen-bond donors (Lipinski definition) is 2. The van der Waals surface area contributed by atoms with Crippen molar-refractivity contribution < 1.29 is 24.2 Å². The van der Waals surface area contributed by atoms with E-state index < -0.39 is 11.9 Å². The van der Waals surface area contributed by atoms with Gasteiger partial charge in [0, 0.05) is 24.3 Å². The summed E-state index contributed by atoms with van der Waals surface area (Å²) in [4.78, 5) is 30.0. The molecule has 4 aromatic rings. The highest BCUT2D eigenvalue weighted by atomic mass is 79.9. The number of rotatable bonds is 4. The van der Waals surface area contributed by atoms with Gasteiger partial charge in [-0.25, -0.2) is 14.8 Å². The average Bonchev–Trinajstić information content (AvgIpc) is 3.33. The largest absolute Gasteiger partial charge is 0.497 e. The van der Waals surface area contributed by atoms with Crippen LogP contribution in [0, 0.1) is 0 Å². The highest BCUT2D eigenvalue weighted by Crippen LogP contribution is 2.24. The van der Waals surface area contributed by atoms with Crippen molar-refractivity contribution in [3.8, 4) is 11.5 Å². The maximum atomic E-state index is 11.1. The molecule has 4 heterocycles. The lowest BCUT2D eigenvalue weighted by atomic mass is 10.4. The quantitative estimate of drug-likeness (QED) is 0.380. The van der Waals surface area contributed by atoms with E-state index in [0.29, 0.717) is 37.7 Å². The first-order valence-corrected chi connectivity index (χ1v) is 9.80. The Morgan fingerprint density at radius 2 is 1.33 bits per heavy atom. The van der Waals surface area contributed by atoms with E-state index >= 15 is 0 Å². The summed E-state index contributed by atoms with van der Waals surface area (Å²) in [5.74, 6) is -0.255. The lowest BCUT2D eigenvalue weighted by Crippen LogP contribution is -2.14. The van der Waals surface area contributed by atoms with Crippen LogP contribution in [-0.4, -0.2) is 50.0 Å². The molecular weight excluding hydrogens is 526 g/mol. The molecule has 0 saturated heterocycles. The van der Waals surface area contributed by atoms with Crippen molar-refractivity contribution in [3.63, 3.8) is 0 Å². The Labute approximate surface area is 186 Å². The van der Waals surface area contributed by atoms with Gasteiger partial charge in [0.1, 0.15) is 28.5 Å². The van der Waals surface area contributed by atoms with E-state index in [-0.39, 0.29) is 5.69 Å². The number of amides is 1. The predicted molar refractivity (Wildman–Crippen MR) is 114 cm³/mol. The van der Waals surface area contributed by atoms with Gasteiger partial charge in [-0.05, 0) is 31.9 Å². The summed E-state index contributed by atoms with van der Waals surface area (Å²) >= 11 is 6.59. The molecule has 0 saturated carbocycles. The zero-order valence-corrected chi connectivity index (χ0v) is 18.8. The first-order chi connectivity index (χ1) is 14.3. The first-order valence-electron chi connectivity index (χ1n) is 8.22. The Hall–Kier alpha value is -3.12. The van der Waals surface area contributed by atoms with Crippen molar-refractivity contribution in [1.82, 2.24) is 18.8 Å². The van der Waals surface area contributed by atoms with E-state index in [2.05, 4.69) is 41.8 Å². The van der Waals surface area contributed by atoms with Gasteiger partial charge in [0.05, 0.1) is 35.8 Å². The molecule has 30 heavy (non-hydrogen) atoms. The number of aromatic nitrogens is 4. The van der Waals surface area contributed by atoms with Gasteiger partial charge >= 0.3 is 5.97 Å². The Morgan fingerprint density at radius 3 is 1.73 bits per heavy atom. The third-order valence-corrected chi connectivity index (χ3v) is 5.18. The van der Waals surface area contributed by atoms with E-state index in [1.165, 1.54) is 16.8 Å². The summed E-state index contributed by atoms with van der Waals surface area (Å²) in [5, 5.41) is 8.91. The molecule has 12 heteroatoms. The number of nitrogens with zero attached hydrogens (tertiary/aromatic N) is 4. The van der Waals surface area contributed by atoms with Crippen molar-refractivity contribution in [2.24, 2.45) is 5.73 Å². The van der Waals surface area contributed by atoms with E-state index in [1.807, 2.05) is 0 Å². The Balaban J connectivity index is 0.000000171. The third kappa shape index (κ3) is 4.09. The zero-order valence-electron chi connectivity index (χ0n) is 15.7. The van der Waals surface area contributed by atoms with E-state index in [0.717, 1.165) is 0 Å². The minimum absolute atomic E-state index is 0.111. The molecule has 1 amide bonds. The molecule has 4 aromatic heterocycles. The minimum atomic E-state index is -1.02. The van der Waals surface area contributed by atoms with Crippen molar-refractivity contribution >= 4 is 55.0 Å². The molecule has 0 fully saturated rings. The van der Waals surface area contributed by atoms with Crippen LogP contribution in [0.2, 0.25) is 0 Å². The molecule has 0 bridgehead atoms. The zero-order chi connectivity index (χ0) is 22.0. The fourth-order valence-electron chi connectivity index (χ4n) is 2.65. The second-order valence-corrected chi connectivity index (χ2v) is 7.40. The number of primary amides is 1. The summed E-state index contributed by atoms with van der Waals surface area (Å²) in [5.41, 5.74) is 6.79. The number of carboxylic acids is 1. The molecule has 0 aliphatic carbocycles. The van der Waals surface area contributed by atoms with Crippen LogP contribution in [0.1, 0.15) is 21.0 Å². The first kappa shape index (κ1) is 21.6. The van der Waals surface area contributed by atoms with Gasteiger partial charge < -0.3 is 20.3 Å². The number of methoxy groups -OCH3 is 2. The molecule has 0 aromatic carbocycles. The minimum Gasteiger partial charge on any atom is -0.497 e. The predicted octanol–water partition coefficient (Wildman–Crippen LogP) is 3.01.